The zero-order valence-electron chi connectivity index (χ0n) is 14.4. The molecule has 0 saturated carbocycles. The van der Waals surface area contributed by atoms with Gasteiger partial charge in [0, 0.05) is 37.5 Å². The summed E-state index contributed by atoms with van der Waals surface area (Å²) in [6, 6.07) is 6.09. The molecular weight excluding hydrogens is 402 g/mol. The van der Waals surface area contributed by atoms with Crippen LogP contribution in [0.25, 0.3) is 10.8 Å². The molecule has 0 atom stereocenters. The maximum absolute atomic E-state index is 5.55. The van der Waals surface area contributed by atoms with Crippen LogP contribution in [0.4, 0.5) is 0 Å². The van der Waals surface area contributed by atoms with Crippen molar-refractivity contribution in [3.05, 3.63) is 51.9 Å². The van der Waals surface area contributed by atoms with Crippen molar-refractivity contribution in [2.75, 3.05) is 14.1 Å². The van der Waals surface area contributed by atoms with Crippen molar-refractivity contribution >= 4 is 33.2 Å². The maximum atomic E-state index is 5.55. The van der Waals surface area contributed by atoms with Crippen LogP contribution >= 0.6 is 27.3 Å². The lowest BCUT2D eigenvalue weighted by molar-refractivity contribution is 0.461. The van der Waals surface area contributed by atoms with Gasteiger partial charge >= 0.3 is 0 Å². The molecule has 0 fully saturated rings. The number of nitrogens with zero attached hydrogens (tertiary/aromatic N) is 4. The average Bonchev–Trinajstić information content (AvgIpc) is 3.30. The highest BCUT2D eigenvalue weighted by atomic mass is 79.9. The summed E-state index contributed by atoms with van der Waals surface area (Å²) in [6.45, 7) is 1.31. The maximum Gasteiger partial charge on any atom is 0.236 e. The number of oxazole rings is 1. The number of hydrogen-bond donors (Lipinski definition) is 1. The summed E-state index contributed by atoms with van der Waals surface area (Å²) in [6.07, 6.45) is 3.73. The Balaban J connectivity index is 1.60. The SMILES string of the molecule is CN=C(NCc1coc(-c2cccs2)n1)N(C)Cc1cc(Br)cn1C. The summed E-state index contributed by atoms with van der Waals surface area (Å²) in [5.74, 6) is 1.46. The Kier molecular flexibility index (Phi) is 5.60. The molecule has 0 aromatic carbocycles. The van der Waals surface area contributed by atoms with Gasteiger partial charge in [-0.25, -0.2) is 4.98 Å². The van der Waals surface area contributed by atoms with Gasteiger partial charge in [-0.05, 0) is 33.4 Å². The third-order valence-electron chi connectivity index (χ3n) is 3.76. The Morgan fingerprint density at radius 3 is 3.00 bits per heavy atom. The molecule has 0 amide bonds. The lowest BCUT2D eigenvalue weighted by Gasteiger charge is -2.22. The first-order valence-corrected chi connectivity index (χ1v) is 9.45. The van der Waals surface area contributed by atoms with Crippen molar-refractivity contribution < 1.29 is 4.42 Å². The fourth-order valence-corrected chi connectivity index (χ4v) is 3.72. The summed E-state index contributed by atoms with van der Waals surface area (Å²) < 4.78 is 8.72. The lowest BCUT2D eigenvalue weighted by atomic mass is 10.4. The fraction of sp³-hybridized carbons (Fsp3) is 0.294. The highest BCUT2D eigenvalue weighted by Crippen LogP contribution is 2.23. The summed E-state index contributed by atoms with van der Waals surface area (Å²) in [5, 5.41) is 5.34. The third-order valence-corrected chi connectivity index (χ3v) is 5.05. The summed E-state index contributed by atoms with van der Waals surface area (Å²) in [4.78, 5) is 12.0. The molecule has 3 heterocycles. The Morgan fingerprint density at radius 2 is 2.36 bits per heavy atom. The number of hydrogen-bond acceptors (Lipinski definition) is 4. The van der Waals surface area contributed by atoms with Crippen LogP contribution < -0.4 is 5.32 Å². The van der Waals surface area contributed by atoms with Crippen molar-refractivity contribution in [3.63, 3.8) is 0 Å². The van der Waals surface area contributed by atoms with Gasteiger partial charge in [0.05, 0.1) is 23.7 Å². The Hall–Kier alpha value is -2.06. The second-order valence-electron chi connectivity index (χ2n) is 5.64. The number of thiophene rings is 1. The topological polar surface area (TPSA) is 58.6 Å². The van der Waals surface area contributed by atoms with Gasteiger partial charge < -0.3 is 19.2 Å². The van der Waals surface area contributed by atoms with Crippen LogP contribution in [0, 0.1) is 0 Å². The largest absolute Gasteiger partial charge is 0.443 e. The molecule has 0 aliphatic carbocycles. The minimum absolute atomic E-state index is 0.558. The van der Waals surface area contributed by atoms with E-state index in [1.807, 2.05) is 37.8 Å². The van der Waals surface area contributed by atoms with Gasteiger partial charge in [-0.2, -0.15) is 0 Å². The van der Waals surface area contributed by atoms with Gasteiger partial charge in [-0.1, -0.05) is 6.07 Å². The van der Waals surface area contributed by atoms with Crippen LogP contribution in [0.1, 0.15) is 11.4 Å². The standard InChI is InChI=1S/C17H20BrN5OS/c1-19-17(23(3)10-14-7-12(18)9-22(14)2)20-8-13-11-24-16(21-13)15-5-4-6-25-15/h4-7,9,11H,8,10H2,1-3H3,(H,19,20). The van der Waals surface area contributed by atoms with E-state index >= 15 is 0 Å². The van der Waals surface area contributed by atoms with E-state index in [1.54, 1.807) is 24.6 Å². The number of guanidine groups is 1. The van der Waals surface area contributed by atoms with Crippen molar-refractivity contribution in [2.24, 2.45) is 12.0 Å². The van der Waals surface area contributed by atoms with Crippen molar-refractivity contribution in [1.29, 1.82) is 0 Å². The molecule has 3 aromatic rings. The molecule has 0 aliphatic rings. The average molecular weight is 422 g/mol. The first-order chi connectivity index (χ1) is 12.1. The van der Waals surface area contributed by atoms with E-state index in [-0.39, 0.29) is 0 Å². The Bertz CT molecular complexity index is 852. The molecule has 3 aromatic heterocycles. The minimum atomic E-state index is 0.558. The van der Waals surface area contributed by atoms with Crippen molar-refractivity contribution in [3.8, 4) is 10.8 Å². The second-order valence-corrected chi connectivity index (χ2v) is 7.50. The minimum Gasteiger partial charge on any atom is -0.443 e. The number of halogens is 1. The number of aromatic nitrogens is 2. The molecular formula is C17H20BrN5OS. The van der Waals surface area contributed by atoms with Crippen LogP contribution in [0.2, 0.25) is 0 Å². The molecule has 1 N–H and O–H groups in total. The first kappa shape index (κ1) is 17.8. The van der Waals surface area contributed by atoms with E-state index in [2.05, 4.69) is 46.8 Å². The molecule has 0 unspecified atom stereocenters. The first-order valence-electron chi connectivity index (χ1n) is 7.77. The van der Waals surface area contributed by atoms with E-state index in [1.165, 1.54) is 5.69 Å². The van der Waals surface area contributed by atoms with Crippen LogP contribution in [0.5, 0.6) is 0 Å². The molecule has 6 nitrogen and oxygen atoms in total. The van der Waals surface area contributed by atoms with Crippen LogP contribution in [-0.2, 0) is 20.1 Å². The molecule has 25 heavy (non-hydrogen) atoms. The molecule has 0 saturated heterocycles. The highest BCUT2D eigenvalue weighted by Gasteiger charge is 2.12. The van der Waals surface area contributed by atoms with Crippen molar-refractivity contribution in [2.45, 2.75) is 13.1 Å². The predicted octanol–water partition coefficient (Wildman–Crippen LogP) is 3.71. The van der Waals surface area contributed by atoms with Gasteiger partial charge in [-0.3, -0.25) is 4.99 Å². The molecule has 3 rings (SSSR count). The Labute approximate surface area is 159 Å². The predicted molar refractivity (Wildman–Crippen MR) is 105 cm³/mol. The number of rotatable bonds is 5. The fourth-order valence-electron chi connectivity index (χ4n) is 2.50. The van der Waals surface area contributed by atoms with E-state index in [0.717, 1.165) is 27.5 Å². The van der Waals surface area contributed by atoms with E-state index < -0.39 is 0 Å². The van der Waals surface area contributed by atoms with E-state index in [9.17, 15) is 0 Å². The van der Waals surface area contributed by atoms with Gasteiger partial charge in [0.1, 0.15) is 6.26 Å². The van der Waals surface area contributed by atoms with Gasteiger partial charge in [0.15, 0.2) is 5.96 Å². The third kappa shape index (κ3) is 4.32. The number of nitrogens with one attached hydrogen (secondary N) is 1. The van der Waals surface area contributed by atoms with Crippen LogP contribution in [0.15, 0.2) is 49.9 Å². The Morgan fingerprint density at radius 1 is 1.52 bits per heavy atom. The normalized spacial score (nSPS) is 11.8. The summed E-state index contributed by atoms with van der Waals surface area (Å²) in [5.41, 5.74) is 2.04. The number of aliphatic imine (C=N–C) groups is 1. The molecule has 0 radical (unpaired) electrons. The number of aryl methyl sites for hydroxylation is 1. The molecule has 0 bridgehead atoms. The van der Waals surface area contributed by atoms with E-state index in [4.69, 9.17) is 4.42 Å². The molecule has 0 spiro atoms. The van der Waals surface area contributed by atoms with Gasteiger partial charge in [0.2, 0.25) is 5.89 Å². The highest BCUT2D eigenvalue weighted by molar-refractivity contribution is 9.10. The summed E-state index contributed by atoms with van der Waals surface area (Å²) in [7, 11) is 5.82. The molecule has 0 aliphatic heterocycles. The smallest absolute Gasteiger partial charge is 0.236 e. The van der Waals surface area contributed by atoms with Crippen molar-refractivity contribution in [1.82, 2.24) is 19.8 Å². The van der Waals surface area contributed by atoms with Gasteiger partial charge in [0.25, 0.3) is 0 Å². The van der Waals surface area contributed by atoms with E-state index in [0.29, 0.717) is 12.4 Å². The zero-order valence-corrected chi connectivity index (χ0v) is 16.8. The molecule has 132 valence electrons. The second kappa shape index (κ2) is 7.88. The monoisotopic (exact) mass is 421 g/mol. The quantitative estimate of drug-likeness (QED) is 0.503. The zero-order chi connectivity index (χ0) is 17.8. The van der Waals surface area contributed by atoms with Crippen LogP contribution in [0.3, 0.4) is 0 Å². The molecule has 8 heteroatoms. The van der Waals surface area contributed by atoms with Gasteiger partial charge in [-0.15, -0.1) is 11.3 Å². The lowest BCUT2D eigenvalue weighted by Crippen LogP contribution is -2.38. The summed E-state index contributed by atoms with van der Waals surface area (Å²) >= 11 is 5.12. The van der Waals surface area contributed by atoms with Crippen LogP contribution in [-0.4, -0.2) is 34.5 Å².